The Labute approximate surface area is 107 Å². The molecule has 2 aliphatic rings. The Bertz CT molecular complexity index is 248. The van der Waals surface area contributed by atoms with Crippen molar-refractivity contribution in [2.24, 2.45) is 11.3 Å². The molecule has 100 valence electrons. The van der Waals surface area contributed by atoms with Crippen molar-refractivity contribution in [1.82, 2.24) is 5.32 Å². The second-order valence-electron chi connectivity index (χ2n) is 7.14. The van der Waals surface area contributed by atoms with Crippen molar-refractivity contribution in [2.45, 2.75) is 71.5 Å². The molecule has 0 amide bonds. The molecule has 1 heterocycles. The minimum atomic E-state index is 0.155. The van der Waals surface area contributed by atoms with Gasteiger partial charge in [-0.2, -0.15) is 0 Å². The Morgan fingerprint density at radius 3 is 2.41 bits per heavy atom. The van der Waals surface area contributed by atoms with Crippen LogP contribution < -0.4 is 5.32 Å². The minimum absolute atomic E-state index is 0.155. The van der Waals surface area contributed by atoms with E-state index in [0.717, 1.165) is 19.0 Å². The zero-order chi connectivity index (χ0) is 12.5. The van der Waals surface area contributed by atoms with Gasteiger partial charge in [0.05, 0.1) is 11.7 Å². The van der Waals surface area contributed by atoms with Gasteiger partial charge in [0, 0.05) is 13.1 Å². The highest BCUT2D eigenvalue weighted by Crippen LogP contribution is 2.40. The molecule has 2 nitrogen and oxygen atoms in total. The third-order valence-electron chi connectivity index (χ3n) is 4.73. The largest absolute Gasteiger partial charge is 0.369 e. The fraction of sp³-hybridized carbons (Fsp3) is 1.00. The molecule has 17 heavy (non-hydrogen) atoms. The Balaban J connectivity index is 1.97. The summed E-state index contributed by atoms with van der Waals surface area (Å²) in [6, 6.07) is 0. The number of nitrogens with one attached hydrogen (secondary N) is 1. The molecule has 0 aromatic rings. The molecule has 1 spiro atoms. The second kappa shape index (κ2) is 4.89. The molecule has 1 saturated carbocycles. The normalized spacial score (nSPS) is 39.5. The molecule has 0 bridgehead atoms. The Morgan fingerprint density at radius 1 is 1.24 bits per heavy atom. The van der Waals surface area contributed by atoms with Crippen molar-refractivity contribution >= 4 is 0 Å². The molecule has 2 heteroatoms. The minimum Gasteiger partial charge on any atom is -0.369 e. The van der Waals surface area contributed by atoms with Crippen LogP contribution >= 0.6 is 0 Å². The summed E-state index contributed by atoms with van der Waals surface area (Å²) in [5, 5.41) is 3.61. The highest BCUT2D eigenvalue weighted by Gasteiger charge is 2.42. The molecule has 2 rings (SSSR count). The summed E-state index contributed by atoms with van der Waals surface area (Å²) in [6.45, 7) is 11.3. The van der Waals surface area contributed by atoms with Crippen LogP contribution in [0.2, 0.25) is 0 Å². The monoisotopic (exact) mass is 239 g/mol. The van der Waals surface area contributed by atoms with E-state index in [9.17, 15) is 0 Å². The van der Waals surface area contributed by atoms with E-state index >= 15 is 0 Å². The lowest BCUT2D eigenvalue weighted by molar-refractivity contribution is -0.169. The van der Waals surface area contributed by atoms with E-state index in [-0.39, 0.29) is 11.0 Å². The lowest BCUT2D eigenvalue weighted by Crippen LogP contribution is -2.58. The van der Waals surface area contributed by atoms with Crippen LogP contribution in [0.4, 0.5) is 0 Å². The quantitative estimate of drug-likeness (QED) is 0.757. The summed E-state index contributed by atoms with van der Waals surface area (Å²) in [7, 11) is 0. The van der Waals surface area contributed by atoms with Gasteiger partial charge in [0.2, 0.25) is 0 Å². The van der Waals surface area contributed by atoms with Crippen LogP contribution in [-0.4, -0.2) is 24.8 Å². The summed E-state index contributed by atoms with van der Waals surface area (Å²) >= 11 is 0. The first kappa shape index (κ1) is 13.4. The average Bonchev–Trinajstić information content (AvgIpc) is 2.29. The number of hydrogen-bond acceptors (Lipinski definition) is 2. The first-order valence-corrected chi connectivity index (χ1v) is 7.34. The first-order chi connectivity index (χ1) is 7.95. The van der Waals surface area contributed by atoms with Crippen molar-refractivity contribution in [3.8, 4) is 0 Å². The molecule has 0 radical (unpaired) electrons. The number of hydrogen-bond donors (Lipinski definition) is 1. The van der Waals surface area contributed by atoms with Gasteiger partial charge in [-0.05, 0) is 37.0 Å². The summed E-state index contributed by atoms with van der Waals surface area (Å²) in [4.78, 5) is 0. The summed E-state index contributed by atoms with van der Waals surface area (Å²) in [6.07, 6.45) is 6.93. The van der Waals surface area contributed by atoms with E-state index in [2.05, 4.69) is 33.0 Å². The first-order valence-electron chi connectivity index (χ1n) is 7.34. The molecular weight excluding hydrogens is 210 g/mol. The van der Waals surface area contributed by atoms with Gasteiger partial charge < -0.3 is 10.1 Å². The SMILES string of the molecule is CCC1CCC2(CC1)CNCC(C(C)(C)C)O2. The van der Waals surface area contributed by atoms with Crippen molar-refractivity contribution in [3.63, 3.8) is 0 Å². The van der Waals surface area contributed by atoms with Crippen molar-refractivity contribution in [3.05, 3.63) is 0 Å². The zero-order valence-corrected chi connectivity index (χ0v) is 12.0. The molecule has 1 saturated heterocycles. The summed E-state index contributed by atoms with van der Waals surface area (Å²) in [5.74, 6) is 0.944. The van der Waals surface area contributed by atoms with Gasteiger partial charge in [0.15, 0.2) is 0 Å². The van der Waals surface area contributed by atoms with Gasteiger partial charge >= 0.3 is 0 Å². The summed E-state index contributed by atoms with van der Waals surface area (Å²) in [5.41, 5.74) is 0.407. The number of ether oxygens (including phenoxy) is 1. The van der Waals surface area contributed by atoms with Gasteiger partial charge in [-0.1, -0.05) is 34.1 Å². The zero-order valence-electron chi connectivity index (χ0n) is 12.0. The van der Waals surface area contributed by atoms with Gasteiger partial charge in [0.1, 0.15) is 0 Å². The number of rotatable bonds is 1. The molecule has 1 aliphatic heterocycles. The van der Waals surface area contributed by atoms with Gasteiger partial charge in [-0.25, -0.2) is 0 Å². The predicted molar refractivity (Wildman–Crippen MR) is 72.2 cm³/mol. The third kappa shape index (κ3) is 3.03. The van der Waals surface area contributed by atoms with Crippen LogP contribution in [0.15, 0.2) is 0 Å². The van der Waals surface area contributed by atoms with Crippen LogP contribution in [0.3, 0.4) is 0 Å². The standard InChI is InChI=1S/C15H29NO/c1-5-12-6-8-15(9-7-12)11-16-10-13(17-15)14(2,3)4/h12-13,16H,5-11H2,1-4H3. The van der Waals surface area contributed by atoms with Crippen LogP contribution in [0.5, 0.6) is 0 Å². The van der Waals surface area contributed by atoms with Gasteiger partial charge in [-0.15, -0.1) is 0 Å². The van der Waals surface area contributed by atoms with E-state index in [1.807, 2.05) is 0 Å². The molecular formula is C15H29NO. The molecule has 1 aliphatic carbocycles. The Hall–Kier alpha value is -0.0800. The lowest BCUT2D eigenvalue weighted by atomic mass is 9.76. The van der Waals surface area contributed by atoms with E-state index in [1.54, 1.807) is 0 Å². The molecule has 0 aromatic heterocycles. The van der Waals surface area contributed by atoms with E-state index in [0.29, 0.717) is 6.10 Å². The highest BCUT2D eigenvalue weighted by molar-refractivity contribution is 4.95. The van der Waals surface area contributed by atoms with Crippen molar-refractivity contribution in [2.75, 3.05) is 13.1 Å². The van der Waals surface area contributed by atoms with E-state index < -0.39 is 0 Å². The molecule has 1 unspecified atom stereocenters. The van der Waals surface area contributed by atoms with Crippen LogP contribution in [0.25, 0.3) is 0 Å². The fourth-order valence-corrected chi connectivity index (χ4v) is 3.21. The Kier molecular flexibility index (Phi) is 3.84. The lowest BCUT2D eigenvalue weighted by Gasteiger charge is -2.49. The molecule has 0 aromatic carbocycles. The molecule has 1 atom stereocenters. The van der Waals surface area contributed by atoms with Crippen molar-refractivity contribution in [1.29, 1.82) is 0 Å². The predicted octanol–water partition coefficient (Wildman–Crippen LogP) is 3.36. The maximum Gasteiger partial charge on any atom is 0.0811 e. The van der Waals surface area contributed by atoms with E-state index in [1.165, 1.54) is 32.1 Å². The van der Waals surface area contributed by atoms with Crippen LogP contribution in [-0.2, 0) is 4.74 Å². The Morgan fingerprint density at radius 2 is 1.88 bits per heavy atom. The third-order valence-corrected chi connectivity index (χ3v) is 4.73. The van der Waals surface area contributed by atoms with Gasteiger partial charge in [-0.3, -0.25) is 0 Å². The molecule has 1 N–H and O–H groups in total. The highest BCUT2D eigenvalue weighted by atomic mass is 16.5. The van der Waals surface area contributed by atoms with Crippen LogP contribution in [0.1, 0.15) is 59.8 Å². The van der Waals surface area contributed by atoms with Gasteiger partial charge in [0.25, 0.3) is 0 Å². The van der Waals surface area contributed by atoms with E-state index in [4.69, 9.17) is 4.74 Å². The topological polar surface area (TPSA) is 21.3 Å². The fourth-order valence-electron chi connectivity index (χ4n) is 3.21. The molecule has 2 fully saturated rings. The maximum absolute atomic E-state index is 6.51. The smallest absolute Gasteiger partial charge is 0.0811 e. The summed E-state index contributed by atoms with van der Waals surface area (Å²) < 4.78 is 6.51. The van der Waals surface area contributed by atoms with Crippen molar-refractivity contribution < 1.29 is 4.74 Å². The van der Waals surface area contributed by atoms with Crippen LogP contribution in [0, 0.1) is 11.3 Å². The number of morpholine rings is 1. The second-order valence-corrected chi connectivity index (χ2v) is 7.14. The maximum atomic E-state index is 6.51. The average molecular weight is 239 g/mol.